The van der Waals surface area contributed by atoms with Crippen LogP contribution in [0, 0.1) is 11.6 Å². The van der Waals surface area contributed by atoms with Gasteiger partial charge in [0.25, 0.3) is 5.56 Å². The fraction of sp³-hybridized carbons (Fsp3) is 0. The standard InChI is InChI=1S/C26H15F2NO4S/c27-16-9-6-10-17(13-16)29-19(15-7-2-1-3-8-15)14-20-22(25(29)31)23(30)24(26(32)33-20)34-21-12-5-4-11-18(21)28/h1-14,30H. The van der Waals surface area contributed by atoms with Gasteiger partial charge in [0.2, 0.25) is 0 Å². The van der Waals surface area contributed by atoms with Gasteiger partial charge in [-0.05, 0) is 35.9 Å². The van der Waals surface area contributed by atoms with Crippen molar-refractivity contribution in [3.63, 3.8) is 0 Å². The summed E-state index contributed by atoms with van der Waals surface area (Å²) in [7, 11) is 0. The molecule has 2 heterocycles. The van der Waals surface area contributed by atoms with E-state index in [0.717, 1.165) is 0 Å². The number of benzene rings is 3. The average Bonchev–Trinajstić information content (AvgIpc) is 2.83. The van der Waals surface area contributed by atoms with Crippen molar-refractivity contribution in [2.45, 2.75) is 9.79 Å². The van der Waals surface area contributed by atoms with E-state index in [4.69, 9.17) is 4.42 Å². The van der Waals surface area contributed by atoms with Gasteiger partial charge >= 0.3 is 5.63 Å². The first-order valence-electron chi connectivity index (χ1n) is 10.1. The molecule has 0 unspecified atom stereocenters. The smallest absolute Gasteiger partial charge is 0.354 e. The SMILES string of the molecule is O=c1oc2cc(-c3ccccc3)n(-c3cccc(F)c3)c(=O)c2c(O)c1Sc1ccccc1F. The molecule has 168 valence electrons. The largest absolute Gasteiger partial charge is 0.505 e. The second-order valence-corrected chi connectivity index (χ2v) is 8.41. The lowest BCUT2D eigenvalue weighted by Gasteiger charge is -2.15. The van der Waals surface area contributed by atoms with E-state index in [0.29, 0.717) is 23.0 Å². The number of nitrogens with zero attached hydrogens (tertiary/aromatic N) is 1. The predicted octanol–water partition coefficient (Wildman–Crippen LogP) is 5.75. The molecule has 0 spiro atoms. The Morgan fingerprint density at radius 3 is 2.32 bits per heavy atom. The number of hydrogen-bond acceptors (Lipinski definition) is 5. The van der Waals surface area contributed by atoms with Gasteiger partial charge in [-0.2, -0.15) is 0 Å². The number of pyridine rings is 1. The molecule has 0 aliphatic heterocycles. The van der Waals surface area contributed by atoms with Gasteiger partial charge in [-0.1, -0.05) is 60.3 Å². The van der Waals surface area contributed by atoms with Crippen molar-refractivity contribution < 1.29 is 18.3 Å². The molecule has 0 fully saturated rings. The van der Waals surface area contributed by atoms with E-state index in [9.17, 15) is 23.5 Å². The second kappa shape index (κ2) is 8.64. The first kappa shape index (κ1) is 21.7. The van der Waals surface area contributed by atoms with Crippen LogP contribution in [0.3, 0.4) is 0 Å². The van der Waals surface area contributed by atoms with Gasteiger partial charge < -0.3 is 9.52 Å². The molecule has 3 aromatic carbocycles. The number of rotatable bonds is 4. The summed E-state index contributed by atoms with van der Waals surface area (Å²) < 4.78 is 34.8. The molecule has 5 nitrogen and oxygen atoms in total. The van der Waals surface area contributed by atoms with E-state index >= 15 is 0 Å². The highest BCUT2D eigenvalue weighted by Crippen LogP contribution is 2.37. The van der Waals surface area contributed by atoms with Crippen molar-refractivity contribution in [2.24, 2.45) is 0 Å². The zero-order valence-corrected chi connectivity index (χ0v) is 18.2. The minimum absolute atomic E-state index is 0.0795. The molecule has 0 saturated heterocycles. The van der Waals surface area contributed by atoms with Crippen LogP contribution in [0.25, 0.3) is 27.9 Å². The predicted molar refractivity (Wildman–Crippen MR) is 126 cm³/mol. The Morgan fingerprint density at radius 2 is 1.59 bits per heavy atom. The van der Waals surface area contributed by atoms with Crippen LogP contribution in [-0.4, -0.2) is 9.67 Å². The van der Waals surface area contributed by atoms with E-state index in [-0.39, 0.29) is 26.4 Å². The highest BCUT2D eigenvalue weighted by molar-refractivity contribution is 7.99. The van der Waals surface area contributed by atoms with Crippen LogP contribution in [0.1, 0.15) is 0 Å². The van der Waals surface area contributed by atoms with Crippen LogP contribution in [0.4, 0.5) is 8.78 Å². The molecule has 8 heteroatoms. The number of halogens is 2. The van der Waals surface area contributed by atoms with E-state index in [1.165, 1.54) is 47.0 Å². The third kappa shape index (κ3) is 3.78. The quantitative estimate of drug-likeness (QED) is 0.359. The third-order valence-corrected chi connectivity index (χ3v) is 6.31. The third-order valence-electron chi connectivity index (χ3n) is 5.20. The fourth-order valence-corrected chi connectivity index (χ4v) is 4.52. The molecule has 0 bridgehead atoms. The highest BCUT2D eigenvalue weighted by atomic mass is 32.2. The Morgan fingerprint density at radius 1 is 0.853 bits per heavy atom. The van der Waals surface area contributed by atoms with E-state index in [1.54, 1.807) is 42.5 Å². The Bertz CT molecular complexity index is 1660. The van der Waals surface area contributed by atoms with Crippen molar-refractivity contribution in [3.8, 4) is 22.7 Å². The van der Waals surface area contributed by atoms with E-state index in [2.05, 4.69) is 0 Å². The van der Waals surface area contributed by atoms with Crippen molar-refractivity contribution in [1.29, 1.82) is 0 Å². The summed E-state index contributed by atoms with van der Waals surface area (Å²) in [5.41, 5.74) is -0.617. The Labute approximate surface area is 195 Å². The average molecular weight is 475 g/mol. The molecule has 5 aromatic rings. The molecule has 5 rings (SSSR count). The molecule has 2 aromatic heterocycles. The van der Waals surface area contributed by atoms with E-state index < -0.39 is 28.6 Å². The maximum atomic E-state index is 14.2. The van der Waals surface area contributed by atoms with E-state index in [1.807, 2.05) is 0 Å². The van der Waals surface area contributed by atoms with Gasteiger partial charge in [0.05, 0.1) is 11.4 Å². The summed E-state index contributed by atoms with van der Waals surface area (Å²) in [5.74, 6) is -1.78. The van der Waals surface area contributed by atoms with Crippen molar-refractivity contribution in [1.82, 2.24) is 4.57 Å². The van der Waals surface area contributed by atoms with Gasteiger partial charge in [0, 0.05) is 11.0 Å². The highest BCUT2D eigenvalue weighted by Gasteiger charge is 2.23. The molecule has 0 radical (unpaired) electrons. The first-order chi connectivity index (χ1) is 16.4. The normalized spacial score (nSPS) is 11.1. The molecule has 0 aliphatic carbocycles. The lowest BCUT2D eigenvalue weighted by Crippen LogP contribution is -2.22. The fourth-order valence-electron chi connectivity index (χ4n) is 3.66. The summed E-state index contributed by atoms with van der Waals surface area (Å²) in [5, 5.41) is 10.7. The number of aromatic nitrogens is 1. The molecule has 0 saturated carbocycles. The Balaban J connectivity index is 1.83. The first-order valence-corrected chi connectivity index (χ1v) is 11.0. The van der Waals surface area contributed by atoms with Gasteiger partial charge in [0.1, 0.15) is 27.5 Å². The summed E-state index contributed by atoms with van der Waals surface area (Å²) in [6, 6.07) is 21.4. The maximum Gasteiger partial charge on any atom is 0.354 e. The molecular formula is C26H15F2NO4S. The lowest BCUT2D eigenvalue weighted by molar-refractivity contribution is 0.446. The molecule has 0 atom stereocenters. The Kier molecular flexibility index (Phi) is 5.51. The van der Waals surface area contributed by atoms with Crippen LogP contribution in [0.2, 0.25) is 0 Å². The molecule has 34 heavy (non-hydrogen) atoms. The van der Waals surface area contributed by atoms with Crippen LogP contribution in [0.15, 0.2) is 109 Å². The monoisotopic (exact) mass is 475 g/mol. The zero-order valence-electron chi connectivity index (χ0n) is 17.4. The summed E-state index contributed by atoms with van der Waals surface area (Å²) in [4.78, 5) is 26.1. The van der Waals surface area contributed by atoms with Gasteiger partial charge in [0.15, 0.2) is 5.75 Å². The second-order valence-electron chi connectivity index (χ2n) is 7.36. The van der Waals surface area contributed by atoms with Crippen LogP contribution in [-0.2, 0) is 0 Å². The number of fused-ring (bicyclic) bond motifs is 1. The molecule has 0 amide bonds. The minimum Gasteiger partial charge on any atom is -0.505 e. The van der Waals surface area contributed by atoms with Crippen LogP contribution < -0.4 is 11.2 Å². The summed E-state index contributed by atoms with van der Waals surface area (Å²) in [6.07, 6.45) is 0. The Hall–Kier alpha value is -4.17. The maximum absolute atomic E-state index is 14.2. The summed E-state index contributed by atoms with van der Waals surface area (Å²) in [6.45, 7) is 0. The van der Waals surface area contributed by atoms with Crippen molar-refractivity contribution in [3.05, 3.63) is 117 Å². The molecule has 0 aliphatic rings. The van der Waals surface area contributed by atoms with Gasteiger partial charge in [-0.3, -0.25) is 9.36 Å². The zero-order chi connectivity index (χ0) is 23.8. The number of aromatic hydroxyl groups is 1. The molecule has 1 N–H and O–H groups in total. The van der Waals surface area contributed by atoms with Crippen molar-refractivity contribution in [2.75, 3.05) is 0 Å². The van der Waals surface area contributed by atoms with Gasteiger partial charge in [-0.15, -0.1) is 0 Å². The summed E-state index contributed by atoms with van der Waals surface area (Å²) >= 11 is 0.656. The molecular weight excluding hydrogens is 460 g/mol. The van der Waals surface area contributed by atoms with Gasteiger partial charge in [-0.25, -0.2) is 13.6 Å². The van der Waals surface area contributed by atoms with Crippen molar-refractivity contribution >= 4 is 22.7 Å². The van der Waals surface area contributed by atoms with Crippen LogP contribution >= 0.6 is 11.8 Å². The van der Waals surface area contributed by atoms with Crippen LogP contribution in [0.5, 0.6) is 5.75 Å². The topological polar surface area (TPSA) is 72.4 Å². The lowest BCUT2D eigenvalue weighted by atomic mass is 10.1. The minimum atomic E-state index is -0.917. The number of hydrogen-bond donors (Lipinski definition) is 1.